The molecule has 32 heavy (non-hydrogen) atoms. The molecule has 0 aliphatic carbocycles. The number of rotatable bonds is 11. The summed E-state index contributed by atoms with van der Waals surface area (Å²) in [5.41, 5.74) is 3.59. The molecule has 0 fully saturated rings. The van der Waals surface area contributed by atoms with Gasteiger partial charge in [-0.3, -0.25) is 0 Å². The fourth-order valence-electron chi connectivity index (χ4n) is 3.75. The molecule has 0 heterocycles. The molecule has 0 aliphatic rings. The van der Waals surface area contributed by atoms with Crippen LogP contribution in [0.5, 0.6) is 11.5 Å². The van der Waals surface area contributed by atoms with Gasteiger partial charge in [-0.15, -0.1) is 0 Å². The van der Waals surface area contributed by atoms with Crippen LogP contribution in [0.15, 0.2) is 78.9 Å². The van der Waals surface area contributed by atoms with E-state index in [2.05, 4.69) is 18.7 Å². The predicted octanol–water partition coefficient (Wildman–Crippen LogP) is 7.05. The molecule has 168 valence electrons. The molecule has 0 bridgehead atoms. The summed E-state index contributed by atoms with van der Waals surface area (Å²) in [6.45, 7) is 8.31. The minimum Gasteiger partial charge on any atom is -0.508 e. The second kappa shape index (κ2) is 12.3. The van der Waals surface area contributed by atoms with Gasteiger partial charge in [0, 0.05) is 11.1 Å². The Kier molecular flexibility index (Phi) is 9.21. The quantitative estimate of drug-likeness (QED) is 0.251. The van der Waals surface area contributed by atoms with Crippen LogP contribution in [0.25, 0.3) is 10.6 Å². The summed E-state index contributed by atoms with van der Waals surface area (Å²) in [5.74, 6) is 0.998. The highest BCUT2D eigenvalue weighted by atomic mass is 35.5. The monoisotopic (exact) mass is 449 g/mol. The Bertz CT molecular complexity index is 1010. The van der Waals surface area contributed by atoms with E-state index >= 15 is 0 Å². The molecule has 0 aromatic heterocycles. The molecule has 3 nitrogen and oxygen atoms in total. The van der Waals surface area contributed by atoms with Crippen molar-refractivity contribution in [3.8, 4) is 11.5 Å². The topological polar surface area (TPSA) is 32.7 Å². The van der Waals surface area contributed by atoms with E-state index in [0.29, 0.717) is 11.6 Å². The van der Waals surface area contributed by atoms with Crippen molar-refractivity contribution in [3.63, 3.8) is 0 Å². The number of benzene rings is 3. The van der Waals surface area contributed by atoms with Gasteiger partial charge in [0.1, 0.15) is 11.5 Å². The molecule has 0 aliphatic heterocycles. The van der Waals surface area contributed by atoms with E-state index in [0.717, 1.165) is 60.5 Å². The summed E-state index contributed by atoms with van der Waals surface area (Å²) < 4.78 is 6.24. The molecular formula is C28H32ClNO2. The molecule has 3 aromatic rings. The molecule has 1 N–H and O–H groups in total. The van der Waals surface area contributed by atoms with Crippen LogP contribution in [0.4, 0.5) is 0 Å². The van der Waals surface area contributed by atoms with Gasteiger partial charge in [0.05, 0.1) is 11.6 Å². The minimum atomic E-state index is 0.186. The Morgan fingerprint density at radius 3 is 2.25 bits per heavy atom. The number of phenolic OH excluding ortho intramolecular Hbond substituents is 1. The van der Waals surface area contributed by atoms with Crippen LogP contribution in [0.1, 0.15) is 43.4 Å². The molecule has 0 amide bonds. The molecule has 0 radical (unpaired) electrons. The largest absolute Gasteiger partial charge is 0.508 e. The minimum absolute atomic E-state index is 0.186. The highest BCUT2D eigenvalue weighted by Crippen LogP contribution is 2.39. The fourth-order valence-corrected chi connectivity index (χ4v) is 4.08. The summed E-state index contributed by atoms with van der Waals surface area (Å²) in [6.07, 6.45) is 2.10. The van der Waals surface area contributed by atoms with Gasteiger partial charge in [0.25, 0.3) is 0 Å². The normalized spacial score (nSPS) is 12.0. The number of ether oxygens (including phenoxy) is 1. The zero-order chi connectivity index (χ0) is 22.8. The molecule has 3 aromatic carbocycles. The summed E-state index contributed by atoms with van der Waals surface area (Å²) in [4.78, 5) is 2.43. The Hall–Kier alpha value is -2.75. The van der Waals surface area contributed by atoms with Gasteiger partial charge in [0.2, 0.25) is 0 Å². The summed E-state index contributed by atoms with van der Waals surface area (Å²) in [7, 11) is 0. The number of hydrogen-bond acceptors (Lipinski definition) is 3. The second-order valence-corrected chi connectivity index (χ2v) is 8.06. The van der Waals surface area contributed by atoms with Crippen LogP contribution in [0, 0.1) is 0 Å². The van der Waals surface area contributed by atoms with Gasteiger partial charge >= 0.3 is 0 Å². The lowest BCUT2D eigenvalue weighted by Gasteiger charge is -2.19. The highest BCUT2D eigenvalue weighted by molar-refractivity contribution is 6.53. The fraction of sp³-hybridized carbons (Fsp3) is 0.286. The van der Waals surface area contributed by atoms with Crippen LogP contribution in [-0.2, 0) is 0 Å². The summed E-state index contributed by atoms with van der Waals surface area (Å²) >= 11 is 6.94. The van der Waals surface area contributed by atoms with E-state index < -0.39 is 0 Å². The first-order chi connectivity index (χ1) is 15.6. The number of unbranched alkanes of at least 4 members (excludes halogenated alkanes) is 1. The van der Waals surface area contributed by atoms with Gasteiger partial charge in [-0.2, -0.15) is 0 Å². The maximum absolute atomic E-state index is 9.97. The molecule has 3 rings (SSSR count). The Balaban J connectivity index is 1.89. The Morgan fingerprint density at radius 2 is 1.53 bits per heavy atom. The van der Waals surface area contributed by atoms with Crippen molar-refractivity contribution in [1.82, 2.24) is 4.90 Å². The van der Waals surface area contributed by atoms with Gasteiger partial charge in [-0.1, -0.05) is 86.1 Å². The van der Waals surface area contributed by atoms with Crippen molar-refractivity contribution in [2.45, 2.75) is 26.7 Å². The first-order valence-corrected chi connectivity index (χ1v) is 11.7. The number of nitrogens with zero attached hydrogens (tertiary/aromatic N) is 1. The van der Waals surface area contributed by atoms with Crippen LogP contribution in [0.3, 0.4) is 0 Å². The molecule has 4 heteroatoms. The van der Waals surface area contributed by atoms with Gasteiger partial charge in [-0.05, 0) is 61.8 Å². The highest BCUT2D eigenvalue weighted by Gasteiger charge is 2.17. The number of phenols is 1. The first-order valence-electron chi connectivity index (χ1n) is 11.3. The van der Waals surface area contributed by atoms with Crippen molar-refractivity contribution in [1.29, 1.82) is 0 Å². The smallest absolute Gasteiger partial charge is 0.127 e. The first kappa shape index (κ1) is 23.9. The molecular weight excluding hydrogens is 418 g/mol. The lowest BCUT2D eigenvalue weighted by atomic mass is 9.94. The average molecular weight is 450 g/mol. The lowest BCUT2D eigenvalue weighted by molar-refractivity contribution is 0.266. The van der Waals surface area contributed by atoms with E-state index in [1.165, 1.54) is 0 Å². The van der Waals surface area contributed by atoms with E-state index in [1.807, 2.05) is 60.7 Å². The van der Waals surface area contributed by atoms with Crippen molar-refractivity contribution < 1.29 is 9.84 Å². The predicted molar refractivity (Wildman–Crippen MR) is 135 cm³/mol. The van der Waals surface area contributed by atoms with Crippen molar-refractivity contribution >= 4 is 22.2 Å². The van der Waals surface area contributed by atoms with E-state index in [-0.39, 0.29) is 5.75 Å². The van der Waals surface area contributed by atoms with Crippen molar-refractivity contribution in [2.75, 3.05) is 26.2 Å². The second-order valence-electron chi connectivity index (χ2n) is 7.68. The van der Waals surface area contributed by atoms with E-state index in [9.17, 15) is 5.11 Å². The standard InChI is InChI=1S/C28H32ClNO2/c1-3-30(4-2)19-10-11-20-32-26-18-9-8-17-25(26)27(22-13-6-5-7-14-22)28(29)23-15-12-16-24(31)21-23/h5-9,12-18,21,31H,3-4,10-11,19-20H2,1-2H3/b28-27-. The van der Waals surface area contributed by atoms with Crippen LogP contribution < -0.4 is 4.74 Å². The van der Waals surface area contributed by atoms with Crippen LogP contribution in [0.2, 0.25) is 0 Å². The van der Waals surface area contributed by atoms with E-state index in [1.54, 1.807) is 18.2 Å². The van der Waals surface area contributed by atoms with Gasteiger partial charge < -0.3 is 14.7 Å². The molecule has 0 saturated heterocycles. The molecule has 0 atom stereocenters. The third kappa shape index (κ3) is 6.38. The number of halogens is 1. The third-order valence-electron chi connectivity index (χ3n) is 5.56. The zero-order valence-corrected chi connectivity index (χ0v) is 19.7. The maximum atomic E-state index is 9.97. The summed E-state index contributed by atoms with van der Waals surface area (Å²) in [5, 5.41) is 10.5. The van der Waals surface area contributed by atoms with Crippen molar-refractivity contribution in [2.24, 2.45) is 0 Å². The van der Waals surface area contributed by atoms with Crippen LogP contribution >= 0.6 is 11.6 Å². The van der Waals surface area contributed by atoms with E-state index in [4.69, 9.17) is 16.3 Å². The number of hydrogen-bond donors (Lipinski definition) is 1. The average Bonchev–Trinajstić information content (AvgIpc) is 2.83. The van der Waals surface area contributed by atoms with Gasteiger partial charge in [-0.25, -0.2) is 0 Å². The molecule has 0 spiro atoms. The third-order valence-corrected chi connectivity index (χ3v) is 5.97. The van der Waals surface area contributed by atoms with Crippen LogP contribution in [-0.4, -0.2) is 36.2 Å². The molecule has 0 unspecified atom stereocenters. The lowest BCUT2D eigenvalue weighted by Crippen LogP contribution is -2.24. The van der Waals surface area contributed by atoms with Crippen molar-refractivity contribution in [3.05, 3.63) is 95.6 Å². The molecule has 0 saturated carbocycles. The van der Waals surface area contributed by atoms with Gasteiger partial charge in [0.15, 0.2) is 0 Å². The Morgan fingerprint density at radius 1 is 0.844 bits per heavy atom. The number of para-hydroxylation sites is 1. The maximum Gasteiger partial charge on any atom is 0.127 e. The summed E-state index contributed by atoms with van der Waals surface area (Å²) in [6, 6.07) is 25.1. The zero-order valence-electron chi connectivity index (χ0n) is 18.9. The SMILES string of the molecule is CCN(CC)CCCCOc1ccccc1/C(=C(\Cl)c1cccc(O)c1)c1ccccc1. The number of aromatic hydroxyl groups is 1. The Labute approximate surface area is 196 Å².